The zero-order chi connectivity index (χ0) is 20.1. The minimum Gasteiger partial charge on any atom is -0.457 e. The van der Waals surface area contributed by atoms with Gasteiger partial charge < -0.3 is 4.74 Å². The van der Waals surface area contributed by atoms with Gasteiger partial charge in [-0.05, 0) is 67.6 Å². The van der Waals surface area contributed by atoms with Crippen molar-refractivity contribution in [1.82, 2.24) is 0 Å². The van der Waals surface area contributed by atoms with Crippen molar-refractivity contribution in [3.63, 3.8) is 0 Å². The fourth-order valence-electron chi connectivity index (χ4n) is 4.46. The van der Waals surface area contributed by atoms with Gasteiger partial charge in [0.2, 0.25) is 0 Å². The van der Waals surface area contributed by atoms with E-state index in [1.165, 1.54) is 32.7 Å². The van der Waals surface area contributed by atoms with Gasteiger partial charge in [0.25, 0.3) is 0 Å². The summed E-state index contributed by atoms with van der Waals surface area (Å²) >= 11 is 0. The summed E-state index contributed by atoms with van der Waals surface area (Å²) in [5.41, 5.74) is 6.18. The molecule has 2 aliphatic rings. The lowest BCUT2D eigenvalue weighted by Gasteiger charge is -2.09. The van der Waals surface area contributed by atoms with Crippen LogP contribution in [0.5, 0.6) is 0 Å². The minimum absolute atomic E-state index is 0.282. The van der Waals surface area contributed by atoms with Crippen LogP contribution in [0.25, 0.3) is 33.2 Å². The Labute approximate surface area is 174 Å². The maximum Gasteiger partial charge on any atom is 0.338 e. The van der Waals surface area contributed by atoms with Gasteiger partial charge in [-0.15, -0.1) is 0 Å². The molecule has 142 valence electrons. The van der Waals surface area contributed by atoms with Crippen molar-refractivity contribution in [2.24, 2.45) is 0 Å². The Balaban J connectivity index is 1.34. The minimum atomic E-state index is -0.282. The number of fused-ring (bicyclic) bond motifs is 7. The zero-order valence-electron chi connectivity index (χ0n) is 16.3. The standard InChI is InChI=1S/C28H18O2/c29-28(30-17-18-6-2-1-3-7-18)21-14-20-15-27-24-11-10-19-8-4-5-9-22(19)23(24)12-13-25(27)26(20)16-21/h1-16H,17H2. The number of rotatable bonds is 3. The number of hydrogen-bond acceptors (Lipinski definition) is 2. The summed E-state index contributed by atoms with van der Waals surface area (Å²) in [7, 11) is 0. The summed E-state index contributed by atoms with van der Waals surface area (Å²) in [5.74, 6) is -0.282. The Hall–Kier alpha value is -3.91. The molecule has 0 aromatic heterocycles. The van der Waals surface area contributed by atoms with Crippen LogP contribution in [-0.2, 0) is 16.1 Å². The summed E-state index contributed by atoms with van der Waals surface area (Å²) in [5, 5.41) is 5.02. The predicted octanol–water partition coefficient (Wildman–Crippen LogP) is 6.46. The molecule has 0 heterocycles. The predicted molar refractivity (Wildman–Crippen MR) is 122 cm³/mol. The second kappa shape index (κ2) is 6.57. The molecule has 0 N–H and O–H groups in total. The second-order valence-corrected chi connectivity index (χ2v) is 7.73. The van der Waals surface area contributed by atoms with Gasteiger partial charge in [0.05, 0.1) is 5.57 Å². The quantitative estimate of drug-likeness (QED) is 0.298. The molecular formula is C28H18O2. The average molecular weight is 386 g/mol. The highest BCUT2D eigenvalue weighted by molar-refractivity contribution is 6.16. The maximum atomic E-state index is 12.6. The van der Waals surface area contributed by atoms with E-state index in [2.05, 4.69) is 54.6 Å². The van der Waals surface area contributed by atoms with Crippen LogP contribution in [0.2, 0.25) is 0 Å². The lowest BCUT2D eigenvalue weighted by atomic mass is 9.95. The van der Waals surface area contributed by atoms with Crippen LogP contribution >= 0.6 is 0 Å². The lowest BCUT2D eigenvalue weighted by Crippen LogP contribution is -2.05. The van der Waals surface area contributed by atoms with Gasteiger partial charge in [0, 0.05) is 0 Å². The SMILES string of the molecule is O=C(OCc1ccccc1)C1=CC2=Cc3c(ccc4c3ccc3ccccc34)C2=C1. The number of carbonyl (C=O) groups excluding carboxylic acids is 1. The van der Waals surface area contributed by atoms with Crippen molar-refractivity contribution in [2.45, 2.75) is 6.61 Å². The number of allylic oxidation sites excluding steroid dienone is 3. The van der Waals surface area contributed by atoms with E-state index in [1.54, 1.807) is 0 Å². The summed E-state index contributed by atoms with van der Waals surface area (Å²) in [6.45, 7) is 0.285. The molecule has 2 aliphatic carbocycles. The molecule has 0 fully saturated rings. The van der Waals surface area contributed by atoms with Crippen molar-refractivity contribution in [3.8, 4) is 0 Å². The highest BCUT2D eigenvalue weighted by Crippen LogP contribution is 2.44. The van der Waals surface area contributed by atoms with Crippen molar-refractivity contribution in [1.29, 1.82) is 0 Å². The number of benzene rings is 4. The van der Waals surface area contributed by atoms with Crippen molar-refractivity contribution >= 4 is 39.2 Å². The Morgan fingerprint density at radius 1 is 0.700 bits per heavy atom. The molecule has 0 saturated carbocycles. The molecule has 2 heteroatoms. The topological polar surface area (TPSA) is 26.3 Å². The maximum absolute atomic E-state index is 12.6. The van der Waals surface area contributed by atoms with E-state index < -0.39 is 0 Å². The van der Waals surface area contributed by atoms with Crippen LogP contribution in [0, 0.1) is 0 Å². The molecule has 0 radical (unpaired) electrons. The van der Waals surface area contributed by atoms with Crippen molar-refractivity contribution in [2.75, 3.05) is 0 Å². The van der Waals surface area contributed by atoms with E-state index >= 15 is 0 Å². The van der Waals surface area contributed by atoms with E-state index in [0.29, 0.717) is 5.57 Å². The summed E-state index contributed by atoms with van der Waals surface area (Å²) in [6.07, 6.45) is 6.09. The van der Waals surface area contributed by atoms with Crippen LogP contribution in [0.4, 0.5) is 0 Å². The number of esters is 1. The molecule has 2 nitrogen and oxygen atoms in total. The molecule has 4 aromatic rings. The van der Waals surface area contributed by atoms with Crippen LogP contribution in [0.1, 0.15) is 16.7 Å². The Bertz CT molecular complexity index is 1440. The lowest BCUT2D eigenvalue weighted by molar-refractivity contribution is -0.139. The molecule has 0 amide bonds. The molecule has 0 atom stereocenters. The van der Waals surface area contributed by atoms with E-state index in [0.717, 1.165) is 16.7 Å². The monoisotopic (exact) mass is 386 g/mol. The van der Waals surface area contributed by atoms with E-state index in [9.17, 15) is 4.79 Å². The largest absolute Gasteiger partial charge is 0.457 e. The summed E-state index contributed by atoms with van der Waals surface area (Å²) in [4.78, 5) is 12.6. The van der Waals surface area contributed by atoms with Gasteiger partial charge in [-0.25, -0.2) is 4.79 Å². The van der Waals surface area contributed by atoms with Gasteiger partial charge in [-0.1, -0.05) is 78.9 Å². The first-order valence-electron chi connectivity index (χ1n) is 10.1. The van der Waals surface area contributed by atoms with Crippen molar-refractivity contribution in [3.05, 3.63) is 119 Å². The first-order valence-corrected chi connectivity index (χ1v) is 10.1. The van der Waals surface area contributed by atoms with Crippen LogP contribution in [0.15, 0.2) is 102 Å². The van der Waals surface area contributed by atoms with Crippen molar-refractivity contribution < 1.29 is 9.53 Å². The average Bonchev–Trinajstić information content (AvgIpc) is 3.36. The van der Waals surface area contributed by atoms with Crippen LogP contribution in [-0.4, -0.2) is 5.97 Å². The number of hydrogen-bond donors (Lipinski definition) is 0. The number of ether oxygens (including phenoxy) is 1. The van der Waals surface area contributed by atoms with Crippen LogP contribution < -0.4 is 0 Å². The molecule has 0 unspecified atom stereocenters. The fourth-order valence-corrected chi connectivity index (χ4v) is 4.46. The Morgan fingerprint density at radius 3 is 2.40 bits per heavy atom. The molecule has 30 heavy (non-hydrogen) atoms. The third kappa shape index (κ3) is 2.61. The van der Waals surface area contributed by atoms with Gasteiger partial charge in [0.1, 0.15) is 6.61 Å². The van der Waals surface area contributed by atoms with Gasteiger partial charge in [-0.3, -0.25) is 0 Å². The first kappa shape index (κ1) is 17.0. The van der Waals surface area contributed by atoms with E-state index in [4.69, 9.17) is 4.74 Å². The molecule has 6 rings (SSSR count). The Kier molecular flexibility index (Phi) is 3.72. The highest BCUT2D eigenvalue weighted by Gasteiger charge is 2.26. The third-order valence-corrected chi connectivity index (χ3v) is 5.93. The molecule has 0 aliphatic heterocycles. The zero-order valence-corrected chi connectivity index (χ0v) is 16.3. The van der Waals surface area contributed by atoms with Gasteiger partial charge >= 0.3 is 5.97 Å². The molecular weight excluding hydrogens is 368 g/mol. The smallest absolute Gasteiger partial charge is 0.338 e. The summed E-state index contributed by atoms with van der Waals surface area (Å²) < 4.78 is 5.50. The number of carbonyl (C=O) groups is 1. The molecule has 4 aromatic carbocycles. The Morgan fingerprint density at radius 2 is 1.50 bits per heavy atom. The molecule has 0 bridgehead atoms. The van der Waals surface area contributed by atoms with Gasteiger partial charge in [0.15, 0.2) is 0 Å². The van der Waals surface area contributed by atoms with E-state index in [1.807, 2.05) is 42.5 Å². The molecule has 0 spiro atoms. The normalized spacial score (nSPS) is 14.2. The fraction of sp³-hybridized carbons (Fsp3) is 0.0357. The van der Waals surface area contributed by atoms with Crippen LogP contribution in [0.3, 0.4) is 0 Å². The molecule has 0 saturated heterocycles. The first-order chi connectivity index (χ1) is 14.8. The van der Waals surface area contributed by atoms with E-state index in [-0.39, 0.29) is 12.6 Å². The third-order valence-electron chi connectivity index (χ3n) is 5.93. The highest BCUT2D eigenvalue weighted by atomic mass is 16.5. The summed E-state index contributed by atoms with van der Waals surface area (Å²) in [6, 6.07) is 27.0. The second-order valence-electron chi connectivity index (χ2n) is 7.73. The van der Waals surface area contributed by atoms with Gasteiger partial charge in [-0.2, -0.15) is 0 Å².